The first-order chi connectivity index (χ1) is 10.2. The van der Waals surface area contributed by atoms with Crippen LogP contribution < -0.4 is 0 Å². The fraction of sp³-hybridized carbons (Fsp3) is 0.250. The molecule has 2 aromatic carbocycles. The van der Waals surface area contributed by atoms with E-state index < -0.39 is 11.6 Å². The molecule has 1 fully saturated rings. The zero-order chi connectivity index (χ0) is 14.9. The summed E-state index contributed by atoms with van der Waals surface area (Å²) >= 11 is 0. The van der Waals surface area contributed by atoms with Gasteiger partial charge in [-0.25, -0.2) is 0 Å². The van der Waals surface area contributed by atoms with Crippen molar-refractivity contribution in [3.63, 3.8) is 0 Å². The van der Waals surface area contributed by atoms with Gasteiger partial charge in [-0.15, -0.1) is 0 Å². The number of nitro groups is 1. The third kappa shape index (κ3) is 2.02. The SMILES string of the molecule is CN1OCC([N+](=O)[O-])C1(c1ccccc1)c1ccccc1. The number of hydrogen-bond donors (Lipinski definition) is 0. The van der Waals surface area contributed by atoms with Gasteiger partial charge >= 0.3 is 0 Å². The molecule has 5 nitrogen and oxygen atoms in total. The van der Waals surface area contributed by atoms with Crippen LogP contribution in [0.3, 0.4) is 0 Å². The first-order valence-electron chi connectivity index (χ1n) is 6.78. The second-order valence-electron chi connectivity index (χ2n) is 5.09. The van der Waals surface area contributed by atoms with Gasteiger partial charge < -0.3 is 0 Å². The number of hydrogen-bond acceptors (Lipinski definition) is 4. The van der Waals surface area contributed by atoms with Crippen molar-refractivity contribution < 1.29 is 9.76 Å². The summed E-state index contributed by atoms with van der Waals surface area (Å²) < 4.78 is 0. The highest BCUT2D eigenvalue weighted by molar-refractivity contribution is 5.40. The van der Waals surface area contributed by atoms with E-state index in [1.165, 1.54) is 0 Å². The van der Waals surface area contributed by atoms with E-state index in [2.05, 4.69) is 0 Å². The quantitative estimate of drug-likeness (QED) is 0.641. The lowest BCUT2D eigenvalue weighted by Crippen LogP contribution is -2.50. The van der Waals surface area contributed by atoms with Gasteiger partial charge in [0.25, 0.3) is 6.04 Å². The molecule has 108 valence electrons. The van der Waals surface area contributed by atoms with Crippen LogP contribution in [0.2, 0.25) is 0 Å². The highest BCUT2D eigenvalue weighted by atomic mass is 16.7. The molecule has 0 spiro atoms. The number of benzene rings is 2. The Morgan fingerprint density at radius 3 is 2.00 bits per heavy atom. The van der Waals surface area contributed by atoms with Crippen LogP contribution in [0.25, 0.3) is 0 Å². The third-order valence-corrected chi connectivity index (χ3v) is 4.09. The van der Waals surface area contributed by atoms with Crippen LogP contribution in [-0.2, 0) is 10.4 Å². The Morgan fingerprint density at radius 2 is 1.57 bits per heavy atom. The first-order valence-corrected chi connectivity index (χ1v) is 6.78. The number of likely N-dealkylation sites (N-methyl/N-ethyl adjacent to an activating group) is 1. The second-order valence-corrected chi connectivity index (χ2v) is 5.09. The fourth-order valence-electron chi connectivity index (χ4n) is 3.13. The Hall–Kier alpha value is -2.24. The van der Waals surface area contributed by atoms with E-state index in [-0.39, 0.29) is 11.5 Å². The van der Waals surface area contributed by atoms with Crippen LogP contribution in [-0.4, -0.2) is 29.7 Å². The van der Waals surface area contributed by atoms with Gasteiger partial charge in [-0.05, 0) is 11.1 Å². The van der Waals surface area contributed by atoms with Crippen molar-refractivity contribution in [1.82, 2.24) is 5.06 Å². The van der Waals surface area contributed by atoms with Crippen LogP contribution in [0.5, 0.6) is 0 Å². The smallest absolute Gasteiger partial charge is 0.266 e. The Morgan fingerprint density at radius 1 is 1.10 bits per heavy atom. The van der Waals surface area contributed by atoms with Crippen molar-refractivity contribution in [2.24, 2.45) is 0 Å². The van der Waals surface area contributed by atoms with E-state index in [0.717, 1.165) is 11.1 Å². The number of nitrogens with zero attached hydrogens (tertiary/aromatic N) is 2. The van der Waals surface area contributed by atoms with Crippen molar-refractivity contribution in [3.8, 4) is 0 Å². The van der Waals surface area contributed by atoms with E-state index in [0.29, 0.717) is 0 Å². The molecule has 21 heavy (non-hydrogen) atoms. The summed E-state index contributed by atoms with van der Waals surface area (Å²) in [6, 6.07) is 18.2. The van der Waals surface area contributed by atoms with Crippen LogP contribution in [0.4, 0.5) is 0 Å². The molecule has 0 bridgehead atoms. The van der Waals surface area contributed by atoms with Gasteiger partial charge in [0.2, 0.25) is 0 Å². The zero-order valence-corrected chi connectivity index (χ0v) is 11.7. The molecule has 0 aliphatic carbocycles. The molecular weight excluding hydrogens is 268 g/mol. The van der Waals surface area contributed by atoms with Crippen LogP contribution in [0.15, 0.2) is 60.7 Å². The minimum absolute atomic E-state index is 0.0628. The second kappa shape index (κ2) is 5.27. The summed E-state index contributed by atoms with van der Waals surface area (Å²) in [6.45, 7) is 0.0628. The molecule has 1 aliphatic heterocycles. The minimum Gasteiger partial charge on any atom is -0.290 e. The molecule has 0 amide bonds. The molecule has 2 aromatic rings. The molecule has 0 aromatic heterocycles. The molecule has 0 N–H and O–H groups in total. The molecule has 1 saturated heterocycles. The normalized spacial score (nSPS) is 21.3. The van der Waals surface area contributed by atoms with E-state index in [1.807, 2.05) is 60.7 Å². The predicted octanol–water partition coefficient (Wildman–Crippen LogP) is 2.45. The summed E-state index contributed by atoms with van der Waals surface area (Å²) in [5.41, 5.74) is 0.808. The number of hydroxylamine groups is 2. The van der Waals surface area contributed by atoms with Crippen LogP contribution in [0.1, 0.15) is 11.1 Å². The molecule has 1 unspecified atom stereocenters. The molecule has 0 radical (unpaired) electrons. The highest BCUT2D eigenvalue weighted by Crippen LogP contribution is 2.43. The Labute approximate surface area is 122 Å². The molecule has 5 heteroatoms. The summed E-state index contributed by atoms with van der Waals surface area (Å²) in [7, 11) is 1.75. The van der Waals surface area contributed by atoms with Crippen molar-refractivity contribution in [3.05, 3.63) is 81.9 Å². The Bertz CT molecular complexity index is 591. The Kier molecular flexibility index (Phi) is 3.45. The average Bonchev–Trinajstić information content (AvgIpc) is 2.87. The van der Waals surface area contributed by atoms with Crippen molar-refractivity contribution in [1.29, 1.82) is 0 Å². The number of rotatable bonds is 3. The highest BCUT2D eigenvalue weighted by Gasteiger charge is 2.58. The molecule has 1 heterocycles. The predicted molar refractivity (Wildman–Crippen MR) is 78.2 cm³/mol. The van der Waals surface area contributed by atoms with Gasteiger partial charge in [-0.2, -0.15) is 5.06 Å². The van der Waals surface area contributed by atoms with Crippen LogP contribution >= 0.6 is 0 Å². The van der Waals surface area contributed by atoms with E-state index >= 15 is 0 Å². The molecular formula is C16H16N2O3. The molecule has 3 rings (SSSR count). The summed E-state index contributed by atoms with van der Waals surface area (Å²) in [5, 5.41) is 13.2. The van der Waals surface area contributed by atoms with E-state index in [4.69, 9.17) is 4.84 Å². The first kappa shape index (κ1) is 13.7. The summed E-state index contributed by atoms with van der Waals surface area (Å²) in [6.07, 6.45) is 0. The van der Waals surface area contributed by atoms with Gasteiger partial charge in [0.1, 0.15) is 6.61 Å². The van der Waals surface area contributed by atoms with Gasteiger partial charge in [0, 0.05) is 12.0 Å². The lowest BCUT2D eigenvalue weighted by atomic mass is 9.77. The van der Waals surface area contributed by atoms with Crippen molar-refractivity contribution in [2.45, 2.75) is 11.6 Å². The molecule has 1 aliphatic rings. The molecule has 1 atom stereocenters. The van der Waals surface area contributed by atoms with Gasteiger partial charge in [0.15, 0.2) is 5.54 Å². The van der Waals surface area contributed by atoms with Crippen molar-refractivity contribution >= 4 is 0 Å². The lowest BCUT2D eigenvalue weighted by molar-refractivity contribution is -0.529. The maximum Gasteiger partial charge on any atom is 0.266 e. The van der Waals surface area contributed by atoms with Crippen LogP contribution in [0, 0.1) is 10.1 Å². The maximum atomic E-state index is 11.6. The van der Waals surface area contributed by atoms with Crippen molar-refractivity contribution in [2.75, 3.05) is 13.7 Å². The summed E-state index contributed by atoms with van der Waals surface area (Å²) in [5.74, 6) is 0. The lowest BCUT2D eigenvalue weighted by Gasteiger charge is -2.35. The van der Waals surface area contributed by atoms with Gasteiger partial charge in [-0.1, -0.05) is 60.7 Å². The van der Waals surface area contributed by atoms with E-state index in [1.54, 1.807) is 12.1 Å². The third-order valence-electron chi connectivity index (χ3n) is 4.09. The minimum atomic E-state index is -0.911. The fourth-order valence-corrected chi connectivity index (χ4v) is 3.13. The van der Waals surface area contributed by atoms with Gasteiger partial charge in [-0.3, -0.25) is 15.0 Å². The largest absolute Gasteiger partial charge is 0.290 e. The topological polar surface area (TPSA) is 55.6 Å². The zero-order valence-electron chi connectivity index (χ0n) is 11.7. The maximum absolute atomic E-state index is 11.6. The monoisotopic (exact) mass is 284 g/mol. The van der Waals surface area contributed by atoms with Gasteiger partial charge in [0.05, 0.1) is 0 Å². The Balaban J connectivity index is 2.27. The molecule has 0 saturated carbocycles. The van der Waals surface area contributed by atoms with E-state index in [9.17, 15) is 10.1 Å². The summed E-state index contributed by atoms with van der Waals surface area (Å²) in [4.78, 5) is 16.9. The average molecular weight is 284 g/mol. The standard InChI is InChI=1S/C16H16N2O3/c1-17-16(13-8-4-2-5-9-13,14-10-6-3-7-11-14)15(12-21-17)18(19)20/h2-11,15H,12H2,1H3.